The molecule has 16 heavy (non-hydrogen) atoms. The zero-order chi connectivity index (χ0) is 11.5. The van der Waals surface area contributed by atoms with E-state index in [4.69, 9.17) is 14.4 Å². The van der Waals surface area contributed by atoms with Crippen LogP contribution in [0.3, 0.4) is 0 Å². The topological polar surface area (TPSA) is 55.8 Å². The summed E-state index contributed by atoms with van der Waals surface area (Å²) in [5, 5.41) is 9.12. The number of hydrogen-bond acceptors (Lipinski definition) is 4. The third-order valence-electron chi connectivity index (χ3n) is 2.26. The van der Waals surface area contributed by atoms with Crippen molar-refractivity contribution in [1.82, 2.24) is 0 Å². The third kappa shape index (κ3) is 2.60. The molecule has 2 unspecified atom stereocenters. The maximum absolute atomic E-state index is 11.5. The third-order valence-corrected chi connectivity index (χ3v) is 3.03. The summed E-state index contributed by atoms with van der Waals surface area (Å²) >= 11 is 0. The minimum absolute atomic E-state index is 0.0176. The predicted molar refractivity (Wildman–Crippen MR) is 59.7 cm³/mol. The van der Waals surface area contributed by atoms with Crippen LogP contribution in [0.4, 0.5) is 0 Å². The molecule has 1 aromatic rings. The van der Waals surface area contributed by atoms with Crippen LogP contribution in [0.25, 0.3) is 0 Å². The van der Waals surface area contributed by atoms with Crippen LogP contribution in [0.15, 0.2) is 41.7 Å². The molecule has 1 aliphatic carbocycles. The predicted octanol–water partition coefficient (Wildman–Crippen LogP) is 3.00. The molecule has 5 heteroatoms. The molecule has 84 valence electrons. The Labute approximate surface area is 94.4 Å². The molecule has 0 bridgehead atoms. The first-order valence-electron chi connectivity index (χ1n) is 4.87. The zero-order valence-electron chi connectivity index (χ0n) is 8.79. The van der Waals surface area contributed by atoms with Crippen LogP contribution in [-0.2, 0) is 9.30 Å². The van der Waals surface area contributed by atoms with Crippen molar-refractivity contribution in [2.75, 3.05) is 6.35 Å². The Morgan fingerprint density at radius 1 is 1.38 bits per heavy atom. The van der Waals surface area contributed by atoms with E-state index in [1.54, 1.807) is 31.2 Å². The highest BCUT2D eigenvalue weighted by molar-refractivity contribution is 7.39. The quantitative estimate of drug-likeness (QED) is 0.802. The molecule has 4 nitrogen and oxygen atoms in total. The van der Waals surface area contributed by atoms with E-state index in [0.29, 0.717) is 5.75 Å². The van der Waals surface area contributed by atoms with Gasteiger partial charge in [0, 0.05) is 5.57 Å². The average Bonchev–Trinajstić information content (AvgIpc) is 2.85. The van der Waals surface area contributed by atoms with Gasteiger partial charge < -0.3 is 9.84 Å². The molecule has 1 aliphatic rings. The summed E-state index contributed by atoms with van der Waals surface area (Å²) in [6.45, 7) is 1.77. The van der Waals surface area contributed by atoms with Crippen molar-refractivity contribution in [3.05, 3.63) is 41.7 Å². The first kappa shape index (κ1) is 11.1. The van der Waals surface area contributed by atoms with Crippen LogP contribution in [0.1, 0.15) is 6.92 Å². The molecule has 2 rings (SSSR count). The summed E-state index contributed by atoms with van der Waals surface area (Å²) in [5.74, 6) is 0.792. The fraction of sp³-hybridized carbons (Fsp3) is 0.273. The molecule has 0 amide bonds. The normalized spacial score (nSPS) is 19.6. The van der Waals surface area contributed by atoms with Gasteiger partial charge in [-0.2, -0.15) is 0 Å². The molecule has 0 aromatic heterocycles. The Balaban J connectivity index is 1.74. The molecule has 0 aliphatic heterocycles. The van der Waals surface area contributed by atoms with E-state index in [1.165, 1.54) is 0 Å². The Bertz CT molecular complexity index is 415. The number of para-hydroxylation sites is 1. The van der Waals surface area contributed by atoms with Crippen LogP contribution >= 0.6 is 8.03 Å². The molecule has 0 saturated heterocycles. The smallest absolute Gasteiger partial charge is 0.509 e. The lowest BCUT2D eigenvalue weighted by atomic mass is 10.3. The summed E-state index contributed by atoms with van der Waals surface area (Å²) in [6.07, 6.45) is -0.366. The van der Waals surface area contributed by atoms with E-state index >= 15 is 0 Å². The summed E-state index contributed by atoms with van der Waals surface area (Å²) in [4.78, 5) is 0. The summed E-state index contributed by atoms with van der Waals surface area (Å²) in [6, 6.07) is 8.91. The summed E-state index contributed by atoms with van der Waals surface area (Å²) in [7, 11) is -1.90. The molecule has 0 heterocycles. The van der Waals surface area contributed by atoms with Gasteiger partial charge in [0.1, 0.15) is 11.9 Å². The van der Waals surface area contributed by atoms with Gasteiger partial charge in [-0.1, -0.05) is 18.2 Å². The van der Waals surface area contributed by atoms with E-state index in [9.17, 15) is 4.57 Å². The van der Waals surface area contributed by atoms with Crippen molar-refractivity contribution in [3.8, 4) is 5.75 Å². The molecule has 1 aromatic carbocycles. The Hall–Kier alpha value is -1.38. The molecule has 0 saturated carbocycles. The van der Waals surface area contributed by atoms with Gasteiger partial charge in [0.25, 0.3) is 6.35 Å². The van der Waals surface area contributed by atoms with Gasteiger partial charge in [-0.15, -0.1) is 0 Å². The second-order valence-corrected chi connectivity index (χ2v) is 4.59. The van der Waals surface area contributed by atoms with Crippen molar-refractivity contribution in [2.45, 2.75) is 13.0 Å². The monoisotopic (exact) mass is 239 g/mol. The van der Waals surface area contributed by atoms with Gasteiger partial charge in [-0.3, -0.25) is 4.52 Å². The van der Waals surface area contributed by atoms with Crippen LogP contribution < -0.4 is 4.52 Å². The van der Waals surface area contributed by atoms with Crippen molar-refractivity contribution >= 4 is 8.03 Å². The molecule has 0 spiro atoms. The van der Waals surface area contributed by atoms with Crippen molar-refractivity contribution in [3.63, 3.8) is 0 Å². The average molecular weight is 239 g/mol. The van der Waals surface area contributed by atoms with E-state index < -0.39 is 8.03 Å². The van der Waals surface area contributed by atoms with Crippen molar-refractivity contribution in [2.24, 2.45) is 0 Å². The molecular weight excluding hydrogens is 227 g/mol. The number of benzene rings is 1. The second kappa shape index (κ2) is 4.64. The number of hydrogen-bond donors (Lipinski definition) is 1. The van der Waals surface area contributed by atoms with E-state index in [1.807, 2.05) is 6.07 Å². The van der Waals surface area contributed by atoms with Crippen LogP contribution in [-0.4, -0.2) is 17.6 Å². The maximum Gasteiger partial charge on any atom is 0.585 e. The Kier molecular flexibility index (Phi) is 3.22. The minimum atomic E-state index is -1.90. The van der Waals surface area contributed by atoms with Gasteiger partial charge in [-0.25, -0.2) is 0 Å². The Morgan fingerprint density at radius 2 is 2.00 bits per heavy atom. The lowest BCUT2D eigenvalue weighted by Crippen LogP contribution is -2.00. The van der Waals surface area contributed by atoms with E-state index in [0.717, 1.165) is 5.57 Å². The Morgan fingerprint density at radius 3 is 2.56 bits per heavy atom. The zero-order valence-corrected chi connectivity index (χ0v) is 9.68. The fourth-order valence-electron chi connectivity index (χ4n) is 1.25. The van der Waals surface area contributed by atoms with Crippen molar-refractivity contribution < 1.29 is 18.9 Å². The van der Waals surface area contributed by atoms with Gasteiger partial charge in [0.2, 0.25) is 0 Å². The molecular formula is C11H12O4P+. The summed E-state index contributed by atoms with van der Waals surface area (Å²) < 4.78 is 21.8. The lowest BCUT2D eigenvalue weighted by molar-refractivity contribution is 0.144. The lowest BCUT2D eigenvalue weighted by Gasteiger charge is -1.95. The van der Waals surface area contributed by atoms with Crippen molar-refractivity contribution in [1.29, 1.82) is 0 Å². The number of ether oxygens (including phenoxy) is 1. The van der Waals surface area contributed by atoms with E-state index in [-0.39, 0.29) is 18.2 Å². The fourth-order valence-corrected chi connectivity index (χ4v) is 1.93. The van der Waals surface area contributed by atoms with E-state index in [2.05, 4.69) is 0 Å². The SMILES string of the molecule is CC1=C(O)C1OC[P+](=O)Oc1ccccc1. The number of aliphatic hydroxyl groups excluding tert-OH is 1. The van der Waals surface area contributed by atoms with Gasteiger partial charge in [0.15, 0.2) is 5.75 Å². The molecule has 1 N–H and O–H groups in total. The highest BCUT2D eigenvalue weighted by atomic mass is 31.1. The number of rotatable bonds is 5. The first-order valence-corrected chi connectivity index (χ1v) is 6.23. The minimum Gasteiger partial charge on any atom is -0.509 e. The maximum atomic E-state index is 11.5. The summed E-state index contributed by atoms with van der Waals surface area (Å²) in [5.41, 5.74) is 0.795. The highest BCUT2D eigenvalue weighted by Crippen LogP contribution is 2.35. The first-order chi connectivity index (χ1) is 7.68. The highest BCUT2D eigenvalue weighted by Gasteiger charge is 2.37. The van der Waals surface area contributed by atoms with Gasteiger partial charge in [-0.05, 0) is 23.6 Å². The van der Waals surface area contributed by atoms with Crippen LogP contribution in [0.5, 0.6) is 5.75 Å². The molecule has 0 fully saturated rings. The van der Waals surface area contributed by atoms with Gasteiger partial charge in [0.05, 0.1) is 0 Å². The molecule has 0 radical (unpaired) electrons. The van der Waals surface area contributed by atoms with Crippen LogP contribution in [0.2, 0.25) is 0 Å². The largest absolute Gasteiger partial charge is 0.585 e. The molecule has 2 atom stereocenters. The second-order valence-electron chi connectivity index (χ2n) is 3.48. The van der Waals surface area contributed by atoms with Crippen LogP contribution in [0, 0.1) is 0 Å². The standard InChI is InChI=1S/C11H11O4P/c1-8-10(12)11(8)14-7-16(13)15-9-5-3-2-4-6-9/h2-6,11H,7H2,1H3/p+1. The number of aliphatic hydroxyl groups is 1. The van der Waals surface area contributed by atoms with Gasteiger partial charge >= 0.3 is 8.03 Å².